The number of rotatable bonds is 5. The van der Waals surface area contributed by atoms with Gasteiger partial charge in [0.1, 0.15) is 6.54 Å². The molecule has 5 aromatic rings. The largest absolute Gasteiger partial charge is 0.364 e. The summed E-state index contributed by atoms with van der Waals surface area (Å²) in [5.41, 5.74) is 3.32. The molecule has 5 aromatic carbocycles. The van der Waals surface area contributed by atoms with Gasteiger partial charge >= 0.3 is 0 Å². The van der Waals surface area contributed by atoms with Crippen molar-refractivity contribution in [1.29, 1.82) is 0 Å². The molecule has 3 unspecified atom stereocenters. The van der Waals surface area contributed by atoms with Crippen molar-refractivity contribution in [2.75, 3.05) is 18.0 Å². The van der Waals surface area contributed by atoms with Crippen LogP contribution in [-0.4, -0.2) is 29.4 Å². The van der Waals surface area contributed by atoms with Crippen molar-refractivity contribution in [2.45, 2.75) is 65.3 Å². The van der Waals surface area contributed by atoms with Gasteiger partial charge in [0.15, 0.2) is 5.71 Å². The van der Waals surface area contributed by atoms with E-state index in [-0.39, 0.29) is 33.7 Å². The first-order chi connectivity index (χ1) is 22.1. The van der Waals surface area contributed by atoms with Crippen molar-refractivity contribution in [3.63, 3.8) is 0 Å². The molecule has 0 spiro atoms. The van der Waals surface area contributed by atoms with E-state index in [4.69, 9.17) is 0 Å². The summed E-state index contributed by atoms with van der Waals surface area (Å²) < 4.78 is 2.26. The Morgan fingerprint density at radius 1 is 0.761 bits per heavy atom. The lowest BCUT2D eigenvalue weighted by Gasteiger charge is -2.31. The number of fused-ring (bicyclic) bond motifs is 4. The third-order valence-electron chi connectivity index (χ3n) is 10.7. The first kappa shape index (κ1) is 30.0. The van der Waals surface area contributed by atoms with Crippen LogP contribution in [0.3, 0.4) is 0 Å². The molecule has 46 heavy (non-hydrogen) atoms. The van der Waals surface area contributed by atoms with E-state index in [2.05, 4.69) is 106 Å². The molecular formula is C41H41N2O3+. The minimum absolute atomic E-state index is 0.00400. The zero-order valence-electron chi connectivity index (χ0n) is 27.6. The van der Waals surface area contributed by atoms with Crippen molar-refractivity contribution in [2.24, 2.45) is 5.92 Å². The van der Waals surface area contributed by atoms with Gasteiger partial charge in [-0.2, -0.15) is 4.58 Å². The summed E-state index contributed by atoms with van der Waals surface area (Å²) in [5, 5.41) is 4.64. The van der Waals surface area contributed by atoms with Crippen LogP contribution in [0.1, 0.15) is 65.0 Å². The molecule has 2 heterocycles. The quantitative estimate of drug-likeness (QED) is 0.191. The van der Waals surface area contributed by atoms with Crippen molar-refractivity contribution in [3.05, 3.63) is 125 Å². The molecule has 0 radical (unpaired) electrons. The maximum Gasteiger partial charge on any atom is 0.237 e. The van der Waals surface area contributed by atoms with E-state index in [1.807, 2.05) is 18.2 Å². The Morgan fingerprint density at radius 2 is 1.35 bits per heavy atom. The lowest BCUT2D eigenvalue weighted by molar-refractivity contribution is -0.445. The maximum atomic E-state index is 14.1. The highest BCUT2D eigenvalue weighted by atomic mass is 16.2. The average Bonchev–Trinajstić information content (AvgIpc) is 3.39. The molecule has 0 saturated heterocycles. The molecule has 0 aromatic heterocycles. The Hall–Kier alpha value is -4.64. The Bertz CT molecular complexity index is 2360. The number of hydrogen-bond donors (Lipinski definition) is 0. The molecule has 3 atom stereocenters. The summed E-state index contributed by atoms with van der Waals surface area (Å²) in [4.78, 5) is 43.6. The van der Waals surface area contributed by atoms with Crippen LogP contribution in [0.5, 0.6) is 0 Å². The molecule has 0 bridgehead atoms. The van der Waals surface area contributed by atoms with Gasteiger partial charge in [0.25, 0.3) is 0 Å². The van der Waals surface area contributed by atoms with Crippen LogP contribution in [-0.2, 0) is 5.41 Å². The summed E-state index contributed by atoms with van der Waals surface area (Å²) in [5.74, 6) is 0.215. The summed E-state index contributed by atoms with van der Waals surface area (Å²) in [6, 6.07) is 25.3. The molecule has 5 heteroatoms. The fourth-order valence-electron chi connectivity index (χ4n) is 7.97. The van der Waals surface area contributed by atoms with E-state index in [1.165, 1.54) is 16.5 Å². The molecule has 0 aliphatic carbocycles. The Morgan fingerprint density at radius 3 is 1.98 bits per heavy atom. The second-order valence-electron chi connectivity index (χ2n) is 13.7. The summed E-state index contributed by atoms with van der Waals surface area (Å²) in [6.07, 6.45) is 4.41. The topological polar surface area (TPSA) is 57.5 Å². The van der Waals surface area contributed by atoms with E-state index in [9.17, 15) is 14.4 Å². The third-order valence-corrected chi connectivity index (χ3v) is 10.7. The highest BCUT2D eigenvalue weighted by Gasteiger charge is 2.43. The van der Waals surface area contributed by atoms with Crippen LogP contribution in [0.2, 0.25) is 0 Å². The maximum absolute atomic E-state index is 14.1. The summed E-state index contributed by atoms with van der Waals surface area (Å²) in [7, 11) is 0. The van der Waals surface area contributed by atoms with Crippen LogP contribution >= 0.6 is 0 Å². The fraction of sp³-hybridized carbons (Fsp3) is 0.317. The van der Waals surface area contributed by atoms with Gasteiger partial charge in [-0.15, -0.1) is 0 Å². The molecule has 7 rings (SSSR count). The number of nitrogens with zero attached hydrogens (tertiary/aromatic N) is 2. The van der Waals surface area contributed by atoms with Gasteiger partial charge in [-0.25, -0.2) is 0 Å². The molecule has 2 aliphatic rings. The molecule has 2 aliphatic heterocycles. The predicted octanol–water partition coefficient (Wildman–Crippen LogP) is 5.64. The van der Waals surface area contributed by atoms with Gasteiger partial charge < -0.3 is 4.90 Å². The zero-order valence-corrected chi connectivity index (χ0v) is 27.6. The zero-order chi connectivity index (χ0) is 32.5. The number of hydrogen-bond acceptors (Lipinski definition) is 4. The van der Waals surface area contributed by atoms with Crippen LogP contribution in [0.4, 0.5) is 11.4 Å². The van der Waals surface area contributed by atoms with Gasteiger partial charge in [0.05, 0.1) is 16.5 Å². The van der Waals surface area contributed by atoms with Crippen molar-refractivity contribution >= 4 is 50.8 Å². The first-order valence-corrected chi connectivity index (χ1v) is 16.6. The number of anilines is 1. The molecule has 5 nitrogen and oxygen atoms in total. The summed E-state index contributed by atoms with van der Waals surface area (Å²) >= 11 is 0. The van der Waals surface area contributed by atoms with Crippen LogP contribution in [0, 0.1) is 5.92 Å². The van der Waals surface area contributed by atoms with Crippen molar-refractivity contribution < 1.29 is 4.58 Å². The fourth-order valence-corrected chi connectivity index (χ4v) is 7.97. The highest BCUT2D eigenvalue weighted by Crippen LogP contribution is 2.47. The van der Waals surface area contributed by atoms with Gasteiger partial charge in [0, 0.05) is 47.7 Å². The second kappa shape index (κ2) is 11.0. The van der Waals surface area contributed by atoms with Crippen molar-refractivity contribution in [1.82, 2.24) is 0 Å². The number of benzene rings is 4. The molecule has 0 fully saturated rings. The van der Waals surface area contributed by atoms with Crippen molar-refractivity contribution in [3.8, 4) is 0 Å². The van der Waals surface area contributed by atoms with Gasteiger partial charge in [-0.1, -0.05) is 83.1 Å². The minimum Gasteiger partial charge on any atom is -0.364 e. The van der Waals surface area contributed by atoms with E-state index in [0.29, 0.717) is 6.54 Å². The summed E-state index contributed by atoms with van der Waals surface area (Å²) in [6.45, 7) is 14.3. The monoisotopic (exact) mass is 609 g/mol. The van der Waals surface area contributed by atoms with Crippen LogP contribution in [0.25, 0.3) is 33.7 Å². The van der Waals surface area contributed by atoms with Crippen LogP contribution in [0.15, 0.2) is 87.2 Å². The Balaban J connectivity index is 1.42. The normalized spacial score (nSPS) is 21.4. The predicted molar refractivity (Wildman–Crippen MR) is 191 cm³/mol. The first-order valence-electron chi connectivity index (χ1n) is 16.6. The van der Waals surface area contributed by atoms with Gasteiger partial charge in [0.2, 0.25) is 22.0 Å². The number of likely N-dealkylation sites (N-methyl/N-ethyl adjacent to an activating group) is 1. The Kier molecular flexibility index (Phi) is 7.19. The molecule has 0 N–H and O–H groups in total. The third kappa shape index (κ3) is 4.43. The van der Waals surface area contributed by atoms with E-state index in [1.54, 1.807) is 12.2 Å². The molecular weight excluding hydrogens is 568 g/mol. The highest BCUT2D eigenvalue weighted by molar-refractivity contribution is 6.10. The van der Waals surface area contributed by atoms with E-state index >= 15 is 0 Å². The SMILES string of the molecule is CCC[N+]1=C(/C=c2\c(=O)c(=O)/c(=C\C3N(CC)c4cc5ccccc5cc4C3(C)C)c2=O)C(C)C(C)c2cc3ccccc3cc21. The van der Waals surface area contributed by atoms with Gasteiger partial charge in [-0.3, -0.25) is 14.4 Å². The minimum atomic E-state index is -0.702. The standard InChI is InChI=1S/C41H41N2O3/c1-7-17-43-34(25(4)24(3)30-18-26-13-9-11-15-28(26)20-35(30)43)22-31-38(44)32(40(46)39(31)45)23-37-41(5,6)33-19-27-14-10-12-16-29(27)21-36(33)42(37)8-2/h9-16,18-25,37H,7-8,17H2,1-6H3/q+1/b31-22-,32-23-. The van der Waals surface area contributed by atoms with E-state index < -0.39 is 16.3 Å². The lowest BCUT2D eigenvalue weighted by Crippen LogP contribution is -2.45. The van der Waals surface area contributed by atoms with E-state index in [0.717, 1.165) is 46.2 Å². The van der Waals surface area contributed by atoms with Crippen LogP contribution < -0.4 is 31.6 Å². The lowest BCUT2D eigenvalue weighted by atomic mass is 9.79. The molecule has 0 amide bonds. The van der Waals surface area contributed by atoms with Gasteiger partial charge in [-0.05, 0) is 64.2 Å². The average molecular weight is 610 g/mol. The molecule has 0 saturated carbocycles. The Labute approximate surface area is 269 Å². The second-order valence-corrected chi connectivity index (χ2v) is 13.7. The smallest absolute Gasteiger partial charge is 0.237 e. The molecule has 232 valence electrons.